The lowest BCUT2D eigenvalue weighted by Gasteiger charge is -2.41. The summed E-state index contributed by atoms with van der Waals surface area (Å²) in [5, 5.41) is 4.35. The molecule has 0 aromatic carbocycles. The Labute approximate surface area is 131 Å². The van der Waals surface area contributed by atoms with Gasteiger partial charge in [-0.3, -0.25) is 4.98 Å². The summed E-state index contributed by atoms with van der Waals surface area (Å²) in [5.74, 6) is 0.514. The van der Waals surface area contributed by atoms with E-state index in [1.165, 1.54) is 0 Å². The van der Waals surface area contributed by atoms with Crippen molar-refractivity contribution in [1.29, 1.82) is 0 Å². The Bertz CT molecular complexity index is 477. The molecule has 1 N–H and O–H groups in total. The number of halogens is 1. The molecule has 0 saturated carbocycles. The third kappa shape index (κ3) is 3.24. The molecule has 1 spiro atoms. The zero-order valence-electron chi connectivity index (χ0n) is 12.5. The van der Waals surface area contributed by atoms with Crippen LogP contribution in [0.25, 0.3) is 0 Å². The Kier molecular flexibility index (Phi) is 4.79. The molecule has 2 aliphatic heterocycles. The molecule has 3 atom stereocenters. The molecule has 1 aromatic heterocycles. The van der Waals surface area contributed by atoms with Gasteiger partial charge in [-0.1, -0.05) is 18.5 Å². The van der Waals surface area contributed by atoms with Gasteiger partial charge in [-0.2, -0.15) is 0 Å². The van der Waals surface area contributed by atoms with Crippen molar-refractivity contribution >= 4 is 11.6 Å². The van der Waals surface area contributed by atoms with Gasteiger partial charge >= 0.3 is 0 Å². The molecule has 0 amide bonds. The van der Waals surface area contributed by atoms with Crippen molar-refractivity contribution in [2.75, 3.05) is 26.4 Å². The van der Waals surface area contributed by atoms with Gasteiger partial charge in [0.15, 0.2) is 0 Å². The highest BCUT2D eigenvalue weighted by Gasteiger charge is 2.43. The first-order valence-electron chi connectivity index (χ1n) is 7.78. The second-order valence-electron chi connectivity index (χ2n) is 6.02. The van der Waals surface area contributed by atoms with Crippen molar-refractivity contribution in [1.82, 2.24) is 10.3 Å². The lowest BCUT2D eigenvalue weighted by Crippen LogP contribution is -2.44. The van der Waals surface area contributed by atoms with Gasteiger partial charge in [-0.05, 0) is 36.9 Å². The summed E-state index contributed by atoms with van der Waals surface area (Å²) in [5.41, 5.74) is 1.07. The minimum atomic E-state index is -0.0733. The third-order valence-corrected chi connectivity index (χ3v) is 4.95. The van der Waals surface area contributed by atoms with E-state index >= 15 is 0 Å². The van der Waals surface area contributed by atoms with Gasteiger partial charge in [0.1, 0.15) is 0 Å². The van der Waals surface area contributed by atoms with Crippen LogP contribution in [0.2, 0.25) is 5.02 Å². The number of nitrogens with one attached hydrogen (secondary N) is 1. The molecular formula is C16H23ClN2O2. The third-order valence-electron chi connectivity index (χ3n) is 4.63. The topological polar surface area (TPSA) is 43.4 Å². The maximum absolute atomic E-state index is 6.37. The van der Waals surface area contributed by atoms with Crippen molar-refractivity contribution < 1.29 is 9.47 Å². The Morgan fingerprint density at radius 1 is 1.52 bits per heavy atom. The van der Waals surface area contributed by atoms with E-state index < -0.39 is 0 Å². The summed E-state index contributed by atoms with van der Waals surface area (Å²) >= 11 is 6.37. The summed E-state index contributed by atoms with van der Waals surface area (Å²) in [6.07, 6.45) is 6.64. The van der Waals surface area contributed by atoms with E-state index in [2.05, 4.69) is 17.2 Å². The smallest absolute Gasteiger partial charge is 0.0940 e. The molecule has 0 bridgehead atoms. The zero-order chi connectivity index (χ0) is 14.7. The number of nitrogens with zero attached hydrogens (tertiary/aromatic N) is 1. The average Bonchev–Trinajstić information content (AvgIpc) is 2.93. The lowest BCUT2D eigenvalue weighted by atomic mass is 9.79. The van der Waals surface area contributed by atoms with Crippen LogP contribution in [0.3, 0.4) is 0 Å². The highest BCUT2D eigenvalue weighted by atomic mass is 35.5. The summed E-state index contributed by atoms with van der Waals surface area (Å²) in [6.45, 7) is 5.40. The van der Waals surface area contributed by atoms with Crippen LogP contribution < -0.4 is 5.32 Å². The molecule has 2 fully saturated rings. The number of pyridine rings is 1. The van der Waals surface area contributed by atoms with Crippen LogP contribution in [0.1, 0.15) is 37.8 Å². The summed E-state index contributed by atoms with van der Waals surface area (Å²) in [7, 11) is 0. The fraction of sp³-hybridized carbons (Fsp3) is 0.688. The number of aromatic nitrogens is 1. The molecule has 3 unspecified atom stereocenters. The zero-order valence-corrected chi connectivity index (χ0v) is 13.2. The second-order valence-corrected chi connectivity index (χ2v) is 6.43. The molecule has 5 heteroatoms. The highest BCUT2D eigenvalue weighted by molar-refractivity contribution is 6.31. The summed E-state index contributed by atoms with van der Waals surface area (Å²) in [4.78, 5) is 4.10. The van der Waals surface area contributed by atoms with E-state index in [0.29, 0.717) is 5.92 Å². The van der Waals surface area contributed by atoms with Crippen LogP contribution >= 0.6 is 11.6 Å². The summed E-state index contributed by atoms with van der Waals surface area (Å²) < 4.78 is 11.6. The fourth-order valence-corrected chi connectivity index (χ4v) is 3.84. The van der Waals surface area contributed by atoms with Gasteiger partial charge < -0.3 is 14.8 Å². The van der Waals surface area contributed by atoms with Crippen molar-refractivity contribution in [2.45, 2.75) is 37.8 Å². The molecule has 0 aliphatic carbocycles. The van der Waals surface area contributed by atoms with Gasteiger partial charge in [0.25, 0.3) is 0 Å². The molecule has 0 radical (unpaired) electrons. The largest absolute Gasteiger partial charge is 0.378 e. The van der Waals surface area contributed by atoms with Crippen LogP contribution in [0.4, 0.5) is 0 Å². The molecule has 3 heterocycles. The average molecular weight is 311 g/mol. The maximum Gasteiger partial charge on any atom is 0.0940 e. The van der Waals surface area contributed by atoms with Crippen LogP contribution in [0, 0.1) is 5.92 Å². The van der Waals surface area contributed by atoms with Crippen LogP contribution in [-0.4, -0.2) is 37.0 Å². The van der Waals surface area contributed by atoms with Crippen LogP contribution in [0.5, 0.6) is 0 Å². The lowest BCUT2D eigenvalue weighted by molar-refractivity contribution is -0.103. The Hall–Kier alpha value is -0.680. The standard InChI is InChI=1S/C16H23ClN2O2/c1-2-19-15(13-3-6-18-10-14(13)17)12-4-7-21-16(9-12)5-8-20-11-16/h3,6,10,12,15,19H,2,4-5,7-9,11H2,1H3. The van der Waals surface area contributed by atoms with Gasteiger partial charge in [0.05, 0.1) is 17.2 Å². The number of ether oxygens (including phenoxy) is 2. The fourth-order valence-electron chi connectivity index (χ4n) is 3.60. The molecular weight excluding hydrogens is 288 g/mol. The molecule has 2 aliphatic rings. The molecule has 116 valence electrons. The molecule has 2 saturated heterocycles. The van der Waals surface area contributed by atoms with Crippen LogP contribution in [0.15, 0.2) is 18.5 Å². The number of hydrogen-bond acceptors (Lipinski definition) is 4. The minimum absolute atomic E-state index is 0.0733. The van der Waals surface area contributed by atoms with Gasteiger partial charge in [0, 0.05) is 38.1 Å². The summed E-state index contributed by atoms with van der Waals surface area (Å²) in [6, 6.07) is 2.29. The normalized spacial score (nSPS) is 30.7. The Morgan fingerprint density at radius 2 is 2.43 bits per heavy atom. The number of hydrogen-bond donors (Lipinski definition) is 1. The monoisotopic (exact) mass is 310 g/mol. The molecule has 21 heavy (non-hydrogen) atoms. The van der Waals surface area contributed by atoms with E-state index in [1.54, 1.807) is 6.20 Å². The van der Waals surface area contributed by atoms with Crippen molar-refractivity contribution in [2.24, 2.45) is 5.92 Å². The van der Waals surface area contributed by atoms with Gasteiger partial charge in [-0.15, -0.1) is 0 Å². The molecule has 1 aromatic rings. The predicted molar refractivity (Wildman–Crippen MR) is 82.5 cm³/mol. The maximum atomic E-state index is 6.37. The van der Waals surface area contributed by atoms with Crippen molar-refractivity contribution in [3.05, 3.63) is 29.0 Å². The van der Waals surface area contributed by atoms with E-state index in [9.17, 15) is 0 Å². The Morgan fingerprint density at radius 3 is 3.14 bits per heavy atom. The number of rotatable bonds is 4. The first-order valence-corrected chi connectivity index (χ1v) is 8.16. The quantitative estimate of drug-likeness (QED) is 0.928. The van der Waals surface area contributed by atoms with Crippen molar-refractivity contribution in [3.63, 3.8) is 0 Å². The van der Waals surface area contributed by atoms with E-state index in [0.717, 1.165) is 56.2 Å². The first kappa shape index (κ1) is 15.2. The SMILES string of the molecule is CCNC(c1ccncc1Cl)C1CCOC2(CCOC2)C1. The molecule has 4 nitrogen and oxygen atoms in total. The van der Waals surface area contributed by atoms with E-state index in [1.807, 2.05) is 12.3 Å². The van der Waals surface area contributed by atoms with Gasteiger partial charge in [0.2, 0.25) is 0 Å². The molecule has 3 rings (SSSR count). The van der Waals surface area contributed by atoms with Gasteiger partial charge in [-0.25, -0.2) is 0 Å². The minimum Gasteiger partial charge on any atom is -0.378 e. The van der Waals surface area contributed by atoms with E-state index in [-0.39, 0.29) is 11.6 Å². The van der Waals surface area contributed by atoms with E-state index in [4.69, 9.17) is 21.1 Å². The Balaban J connectivity index is 1.82. The first-order chi connectivity index (χ1) is 10.2. The van der Waals surface area contributed by atoms with Crippen molar-refractivity contribution in [3.8, 4) is 0 Å². The van der Waals surface area contributed by atoms with Crippen LogP contribution in [-0.2, 0) is 9.47 Å². The predicted octanol–water partition coefficient (Wildman–Crippen LogP) is 2.97. The highest BCUT2D eigenvalue weighted by Crippen LogP contribution is 2.42. The second kappa shape index (κ2) is 6.61.